The van der Waals surface area contributed by atoms with Crippen LogP contribution in [0.2, 0.25) is 0 Å². The van der Waals surface area contributed by atoms with E-state index in [0.29, 0.717) is 11.8 Å². The average molecular weight is 286 g/mol. The van der Waals surface area contributed by atoms with Crippen molar-refractivity contribution in [3.63, 3.8) is 0 Å². The third kappa shape index (κ3) is 2.17. The van der Waals surface area contributed by atoms with Crippen LogP contribution in [0.3, 0.4) is 0 Å². The maximum absolute atomic E-state index is 5.88. The van der Waals surface area contributed by atoms with Crippen molar-refractivity contribution in [1.29, 1.82) is 0 Å². The molecule has 4 rings (SSSR count). The predicted octanol–water partition coefficient (Wildman–Crippen LogP) is 4.87. The van der Waals surface area contributed by atoms with Crippen LogP contribution in [0, 0.1) is 6.92 Å². The Morgan fingerprint density at radius 2 is 1.45 bits per heavy atom. The molecule has 0 bridgehead atoms. The number of aromatic nitrogens is 2. The fourth-order valence-corrected chi connectivity index (χ4v) is 2.56. The average Bonchev–Trinajstić information content (AvgIpc) is 3.05. The Kier molecular flexibility index (Phi) is 2.97. The fraction of sp³-hybridized carbons (Fsp3) is 0.0526. The van der Waals surface area contributed by atoms with Gasteiger partial charge >= 0.3 is 0 Å². The third-order valence-corrected chi connectivity index (χ3v) is 3.74. The lowest BCUT2D eigenvalue weighted by atomic mass is 10.0. The second-order valence-corrected chi connectivity index (χ2v) is 5.31. The molecule has 0 radical (unpaired) electrons. The first-order valence-electron chi connectivity index (χ1n) is 7.20. The smallest absolute Gasteiger partial charge is 0.248 e. The molecule has 0 aliphatic rings. The molecule has 3 nitrogen and oxygen atoms in total. The van der Waals surface area contributed by atoms with Crippen LogP contribution in [0.25, 0.3) is 33.7 Å². The van der Waals surface area contributed by atoms with Crippen molar-refractivity contribution < 1.29 is 4.42 Å². The Labute approximate surface area is 128 Å². The minimum atomic E-state index is 0.544. The molecule has 1 aromatic heterocycles. The highest BCUT2D eigenvalue weighted by atomic mass is 16.4. The first kappa shape index (κ1) is 12.8. The molecule has 3 heteroatoms. The molecule has 1 heterocycles. The Morgan fingerprint density at radius 1 is 0.727 bits per heavy atom. The summed E-state index contributed by atoms with van der Waals surface area (Å²) in [7, 11) is 0. The van der Waals surface area contributed by atoms with E-state index in [1.165, 1.54) is 5.56 Å². The maximum Gasteiger partial charge on any atom is 0.248 e. The Bertz CT molecular complexity index is 934. The predicted molar refractivity (Wildman–Crippen MR) is 87.4 cm³/mol. The Balaban J connectivity index is 1.82. The standard InChI is InChI=1S/C19H14N2O/c1-13-9-11-15(12-10-13)18-20-21-19(22-18)17-8-4-6-14-5-2-3-7-16(14)17/h2-12H,1H3. The number of fused-ring (bicyclic) bond motifs is 1. The zero-order chi connectivity index (χ0) is 14.9. The molecule has 0 spiro atoms. The van der Waals surface area contributed by atoms with Crippen LogP contribution < -0.4 is 0 Å². The Morgan fingerprint density at radius 3 is 2.32 bits per heavy atom. The van der Waals surface area contributed by atoms with Gasteiger partial charge in [0.15, 0.2) is 0 Å². The van der Waals surface area contributed by atoms with Crippen molar-refractivity contribution in [3.05, 3.63) is 72.3 Å². The summed E-state index contributed by atoms with van der Waals surface area (Å²) in [6.45, 7) is 2.05. The molecule has 0 unspecified atom stereocenters. The van der Waals surface area contributed by atoms with E-state index >= 15 is 0 Å². The van der Waals surface area contributed by atoms with Crippen LogP contribution in [0.1, 0.15) is 5.56 Å². The second kappa shape index (κ2) is 5.11. The van der Waals surface area contributed by atoms with E-state index in [1.807, 2.05) is 48.5 Å². The van der Waals surface area contributed by atoms with E-state index in [0.717, 1.165) is 21.9 Å². The largest absolute Gasteiger partial charge is 0.416 e. The van der Waals surface area contributed by atoms with Crippen molar-refractivity contribution >= 4 is 10.8 Å². The van der Waals surface area contributed by atoms with Gasteiger partial charge in [0.2, 0.25) is 11.8 Å². The van der Waals surface area contributed by atoms with Crippen LogP contribution in [0.4, 0.5) is 0 Å². The van der Waals surface area contributed by atoms with Gasteiger partial charge in [-0.25, -0.2) is 0 Å². The lowest BCUT2D eigenvalue weighted by Gasteiger charge is -2.01. The molecule has 0 aliphatic heterocycles. The van der Waals surface area contributed by atoms with Gasteiger partial charge < -0.3 is 4.42 Å². The van der Waals surface area contributed by atoms with Gasteiger partial charge in [0.25, 0.3) is 0 Å². The van der Waals surface area contributed by atoms with Gasteiger partial charge in [0.1, 0.15) is 0 Å². The summed E-state index contributed by atoms with van der Waals surface area (Å²) in [4.78, 5) is 0. The van der Waals surface area contributed by atoms with Crippen LogP contribution in [-0.2, 0) is 0 Å². The van der Waals surface area contributed by atoms with E-state index in [9.17, 15) is 0 Å². The Hall–Kier alpha value is -2.94. The quantitative estimate of drug-likeness (QED) is 0.528. The lowest BCUT2D eigenvalue weighted by molar-refractivity contribution is 0.585. The summed E-state index contributed by atoms with van der Waals surface area (Å²) in [6.07, 6.45) is 0. The van der Waals surface area contributed by atoms with E-state index in [4.69, 9.17) is 4.42 Å². The van der Waals surface area contributed by atoms with Gasteiger partial charge in [-0.15, -0.1) is 10.2 Å². The van der Waals surface area contributed by atoms with Gasteiger partial charge in [-0.1, -0.05) is 54.1 Å². The fourth-order valence-electron chi connectivity index (χ4n) is 2.56. The monoisotopic (exact) mass is 286 g/mol. The molecular formula is C19H14N2O. The molecule has 22 heavy (non-hydrogen) atoms. The second-order valence-electron chi connectivity index (χ2n) is 5.31. The normalized spacial score (nSPS) is 11.0. The van der Waals surface area contributed by atoms with Crippen molar-refractivity contribution in [3.8, 4) is 22.9 Å². The van der Waals surface area contributed by atoms with Crippen molar-refractivity contribution in [2.45, 2.75) is 6.92 Å². The summed E-state index contributed by atoms with van der Waals surface area (Å²) in [5.74, 6) is 1.09. The number of benzene rings is 3. The summed E-state index contributed by atoms with van der Waals surface area (Å²) in [6, 6.07) is 22.4. The summed E-state index contributed by atoms with van der Waals surface area (Å²) < 4.78 is 5.88. The van der Waals surface area contributed by atoms with Gasteiger partial charge in [-0.3, -0.25) is 0 Å². The molecule has 3 aromatic carbocycles. The first-order valence-corrected chi connectivity index (χ1v) is 7.20. The number of aryl methyl sites for hydroxylation is 1. The highest BCUT2D eigenvalue weighted by Crippen LogP contribution is 2.29. The molecule has 4 aromatic rings. The van der Waals surface area contributed by atoms with Crippen molar-refractivity contribution in [1.82, 2.24) is 10.2 Å². The van der Waals surface area contributed by atoms with E-state index in [-0.39, 0.29) is 0 Å². The molecule has 0 aliphatic carbocycles. The molecule has 0 saturated carbocycles. The first-order chi connectivity index (χ1) is 10.8. The topological polar surface area (TPSA) is 38.9 Å². The maximum atomic E-state index is 5.88. The number of nitrogens with zero attached hydrogens (tertiary/aromatic N) is 2. The minimum absolute atomic E-state index is 0.544. The molecule has 0 atom stereocenters. The van der Waals surface area contributed by atoms with Crippen LogP contribution >= 0.6 is 0 Å². The lowest BCUT2D eigenvalue weighted by Crippen LogP contribution is -1.81. The summed E-state index contributed by atoms with van der Waals surface area (Å²) >= 11 is 0. The highest BCUT2D eigenvalue weighted by molar-refractivity contribution is 5.94. The van der Waals surface area contributed by atoms with Crippen molar-refractivity contribution in [2.24, 2.45) is 0 Å². The van der Waals surface area contributed by atoms with E-state index in [2.05, 4.69) is 35.3 Å². The minimum Gasteiger partial charge on any atom is -0.416 e. The molecule has 0 N–H and O–H groups in total. The van der Waals surface area contributed by atoms with Crippen LogP contribution in [0.15, 0.2) is 71.1 Å². The van der Waals surface area contributed by atoms with E-state index < -0.39 is 0 Å². The third-order valence-electron chi connectivity index (χ3n) is 3.74. The molecule has 106 valence electrons. The highest BCUT2D eigenvalue weighted by Gasteiger charge is 2.12. The number of rotatable bonds is 2. The zero-order valence-corrected chi connectivity index (χ0v) is 12.2. The summed E-state index contributed by atoms with van der Waals surface area (Å²) in [5.41, 5.74) is 3.10. The van der Waals surface area contributed by atoms with Crippen LogP contribution in [-0.4, -0.2) is 10.2 Å². The van der Waals surface area contributed by atoms with Gasteiger partial charge in [-0.05, 0) is 35.9 Å². The van der Waals surface area contributed by atoms with Gasteiger partial charge in [0.05, 0.1) is 0 Å². The van der Waals surface area contributed by atoms with Crippen molar-refractivity contribution in [2.75, 3.05) is 0 Å². The van der Waals surface area contributed by atoms with Gasteiger partial charge in [-0.2, -0.15) is 0 Å². The van der Waals surface area contributed by atoms with E-state index in [1.54, 1.807) is 0 Å². The zero-order valence-electron chi connectivity index (χ0n) is 12.2. The van der Waals surface area contributed by atoms with Crippen LogP contribution in [0.5, 0.6) is 0 Å². The SMILES string of the molecule is Cc1ccc(-c2nnc(-c3cccc4ccccc34)o2)cc1. The summed E-state index contributed by atoms with van der Waals surface area (Å²) in [5, 5.41) is 10.7. The number of hydrogen-bond donors (Lipinski definition) is 0. The molecule has 0 saturated heterocycles. The van der Waals surface area contributed by atoms with Gasteiger partial charge in [0, 0.05) is 11.1 Å². The molecule has 0 fully saturated rings. The molecular weight excluding hydrogens is 272 g/mol. The number of hydrogen-bond acceptors (Lipinski definition) is 3. The molecule has 0 amide bonds.